The van der Waals surface area contributed by atoms with E-state index in [-0.39, 0.29) is 5.57 Å². The summed E-state index contributed by atoms with van der Waals surface area (Å²) < 4.78 is 0. The largest absolute Gasteiger partial charge is 0.399 e. The molecule has 5 heteroatoms. The summed E-state index contributed by atoms with van der Waals surface area (Å²) in [4.78, 5) is 12.0. The van der Waals surface area contributed by atoms with Crippen molar-refractivity contribution in [2.45, 2.75) is 0 Å². The van der Waals surface area contributed by atoms with E-state index < -0.39 is 5.91 Å². The molecule has 0 atom stereocenters. The molecule has 2 aromatic rings. The third-order valence-electron chi connectivity index (χ3n) is 2.69. The first kappa shape index (κ1) is 14.2. The van der Waals surface area contributed by atoms with Gasteiger partial charge in [-0.1, -0.05) is 18.2 Å². The Bertz CT molecular complexity index is 684. The summed E-state index contributed by atoms with van der Waals surface area (Å²) in [6.45, 7) is 0. The first-order valence-corrected chi connectivity index (χ1v) is 6.28. The fourth-order valence-electron chi connectivity index (χ4n) is 1.60. The Balaban J connectivity index is 2.05. The molecule has 0 heterocycles. The lowest BCUT2D eigenvalue weighted by molar-refractivity contribution is -0.112. The maximum absolute atomic E-state index is 12.0. The SMILES string of the molecule is N#C/C(=C/Nc1ccccc1)C(=O)Nc1ccc(N)cc1. The number of carbonyl (C=O) groups is 1. The highest BCUT2D eigenvalue weighted by Crippen LogP contribution is 2.12. The number of nitrogen functional groups attached to an aromatic ring is 1. The molecule has 0 aliphatic heterocycles. The molecule has 0 unspecified atom stereocenters. The lowest BCUT2D eigenvalue weighted by Crippen LogP contribution is -2.14. The maximum Gasteiger partial charge on any atom is 0.267 e. The Labute approximate surface area is 122 Å². The van der Waals surface area contributed by atoms with Crippen LogP contribution < -0.4 is 16.4 Å². The van der Waals surface area contributed by atoms with Gasteiger partial charge in [-0.2, -0.15) is 5.26 Å². The van der Waals surface area contributed by atoms with E-state index in [1.165, 1.54) is 6.20 Å². The molecule has 0 spiro atoms. The summed E-state index contributed by atoms with van der Waals surface area (Å²) in [5, 5.41) is 14.6. The molecule has 4 N–H and O–H groups in total. The zero-order valence-electron chi connectivity index (χ0n) is 11.2. The summed E-state index contributed by atoms with van der Waals surface area (Å²) in [6, 6.07) is 17.8. The lowest BCUT2D eigenvalue weighted by atomic mass is 10.2. The van der Waals surface area contributed by atoms with Crippen LogP contribution >= 0.6 is 0 Å². The van der Waals surface area contributed by atoms with E-state index in [0.29, 0.717) is 11.4 Å². The van der Waals surface area contributed by atoms with Crippen molar-refractivity contribution in [3.8, 4) is 6.07 Å². The number of nitrogens with zero attached hydrogens (tertiary/aromatic N) is 1. The fourth-order valence-corrected chi connectivity index (χ4v) is 1.60. The summed E-state index contributed by atoms with van der Waals surface area (Å²) >= 11 is 0. The average molecular weight is 278 g/mol. The standard InChI is InChI=1S/C16H14N4O/c17-10-12(11-19-14-4-2-1-3-5-14)16(21)20-15-8-6-13(18)7-9-15/h1-9,11,19H,18H2,(H,20,21)/b12-11-. The van der Waals surface area contributed by atoms with Crippen LogP contribution in [-0.2, 0) is 4.79 Å². The number of anilines is 3. The number of carbonyl (C=O) groups excluding carboxylic acids is 1. The van der Waals surface area contributed by atoms with Gasteiger partial charge in [0.2, 0.25) is 0 Å². The second-order valence-corrected chi connectivity index (χ2v) is 4.26. The van der Waals surface area contributed by atoms with Crippen molar-refractivity contribution in [3.05, 3.63) is 66.4 Å². The molecule has 0 saturated heterocycles. The van der Waals surface area contributed by atoms with E-state index in [4.69, 9.17) is 11.0 Å². The highest BCUT2D eigenvalue weighted by Gasteiger charge is 2.08. The van der Waals surface area contributed by atoms with Gasteiger partial charge in [0, 0.05) is 23.3 Å². The molecule has 104 valence electrons. The molecule has 0 fully saturated rings. The van der Waals surface area contributed by atoms with Crippen LogP contribution in [0.5, 0.6) is 0 Å². The molecule has 0 aromatic heterocycles. The van der Waals surface area contributed by atoms with Gasteiger partial charge in [-0.15, -0.1) is 0 Å². The minimum Gasteiger partial charge on any atom is -0.399 e. The van der Waals surface area contributed by atoms with Crippen molar-refractivity contribution in [3.63, 3.8) is 0 Å². The van der Waals surface area contributed by atoms with E-state index in [0.717, 1.165) is 5.69 Å². The molecule has 0 aliphatic carbocycles. The normalized spacial score (nSPS) is 10.5. The maximum atomic E-state index is 12.0. The second-order valence-electron chi connectivity index (χ2n) is 4.26. The number of nitrogens with one attached hydrogen (secondary N) is 2. The summed E-state index contributed by atoms with van der Waals surface area (Å²) in [5.74, 6) is -0.481. The van der Waals surface area contributed by atoms with Crippen LogP contribution in [-0.4, -0.2) is 5.91 Å². The van der Waals surface area contributed by atoms with Gasteiger partial charge in [0.05, 0.1) is 0 Å². The number of para-hydroxylation sites is 1. The van der Waals surface area contributed by atoms with Crippen molar-refractivity contribution in [1.82, 2.24) is 0 Å². The number of hydrogen-bond donors (Lipinski definition) is 3. The van der Waals surface area contributed by atoms with Gasteiger partial charge >= 0.3 is 0 Å². The number of benzene rings is 2. The Hall–Kier alpha value is -3.26. The molecule has 2 rings (SSSR count). The van der Waals surface area contributed by atoms with E-state index in [9.17, 15) is 4.79 Å². The van der Waals surface area contributed by atoms with E-state index in [1.807, 2.05) is 36.4 Å². The zero-order valence-corrected chi connectivity index (χ0v) is 11.2. The van der Waals surface area contributed by atoms with Crippen LogP contribution in [0, 0.1) is 11.3 Å². The molecule has 2 aromatic carbocycles. The first-order valence-electron chi connectivity index (χ1n) is 6.28. The van der Waals surface area contributed by atoms with Gasteiger partial charge in [0.15, 0.2) is 0 Å². The van der Waals surface area contributed by atoms with Crippen molar-refractivity contribution < 1.29 is 4.79 Å². The number of hydrogen-bond acceptors (Lipinski definition) is 4. The van der Waals surface area contributed by atoms with Gasteiger partial charge < -0.3 is 16.4 Å². The Morgan fingerprint density at radius 2 is 1.71 bits per heavy atom. The molecule has 0 aliphatic rings. The number of nitriles is 1. The van der Waals surface area contributed by atoms with Crippen molar-refractivity contribution >= 4 is 23.0 Å². The van der Waals surface area contributed by atoms with E-state index in [1.54, 1.807) is 24.3 Å². The highest BCUT2D eigenvalue weighted by molar-refractivity contribution is 6.06. The van der Waals surface area contributed by atoms with Crippen LogP contribution in [0.15, 0.2) is 66.4 Å². The quantitative estimate of drug-likeness (QED) is 0.455. The van der Waals surface area contributed by atoms with Crippen molar-refractivity contribution in [2.75, 3.05) is 16.4 Å². The van der Waals surface area contributed by atoms with Crippen LogP contribution in [0.4, 0.5) is 17.1 Å². The van der Waals surface area contributed by atoms with Crippen molar-refractivity contribution in [2.24, 2.45) is 0 Å². The molecular weight excluding hydrogens is 264 g/mol. The fraction of sp³-hybridized carbons (Fsp3) is 0. The highest BCUT2D eigenvalue weighted by atomic mass is 16.1. The third kappa shape index (κ3) is 4.11. The van der Waals surface area contributed by atoms with Gasteiger partial charge in [-0.3, -0.25) is 4.79 Å². The molecule has 21 heavy (non-hydrogen) atoms. The van der Waals surface area contributed by atoms with Crippen LogP contribution in [0.2, 0.25) is 0 Å². The monoisotopic (exact) mass is 278 g/mol. The second kappa shape index (κ2) is 6.78. The van der Waals surface area contributed by atoms with Crippen molar-refractivity contribution in [1.29, 1.82) is 5.26 Å². The molecule has 0 saturated carbocycles. The molecular formula is C16H14N4O. The van der Waals surface area contributed by atoms with E-state index in [2.05, 4.69) is 10.6 Å². The lowest BCUT2D eigenvalue weighted by Gasteiger charge is -2.05. The van der Waals surface area contributed by atoms with Gasteiger partial charge in [-0.05, 0) is 36.4 Å². The number of nitrogens with two attached hydrogens (primary N) is 1. The summed E-state index contributed by atoms with van der Waals surface area (Å²) in [5.41, 5.74) is 7.53. The number of amides is 1. The van der Waals surface area contributed by atoms with E-state index >= 15 is 0 Å². The Morgan fingerprint density at radius 3 is 2.33 bits per heavy atom. The predicted molar refractivity (Wildman–Crippen MR) is 83.2 cm³/mol. The van der Waals surface area contributed by atoms with Crippen LogP contribution in [0.1, 0.15) is 0 Å². The molecule has 0 bridgehead atoms. The molecule has 5 nitrogen and oxygen atoms in total. The van der Waals surface area contributed by atoms with Crippen LogP contribution in [0.25, 0.3) is 0 Å². The predicted octanol–water partition coefficient (Wildman–Crippen LogP) is 2.73. The smallest absolute Gasteiger partial charge is 0.267 e. The molecule has 1 amide bonds. The topological polar surface area (TPSA) is 90.9 Å². The minimum atomic E-state index is -0.481. The van der Waals surface area contributed by atoms with Gasteiger partial charge in [0.25, 0.3) is 5.91 Å². The van der Waals surface area contributed by atoms with Gasteiger partial charge in [0.1, 0.15) is 11.6 Å². The zero-order chi connectivity index (χ0) is 15.1. The average Bonchev–Trinajstić information content (AvgIpc) is 2.51. The Kier molecular flexibility index (Phi) is 4.57. The summed E-state index contributed by atoms with van der Waals surface area (Å²) in [7, 11) is 0. The summed E-state index contributed by atoms with van der Waals surface area (Å²) in [6.07, 6.45) is 1.38. The van der Waals surface area contributed by atoms with Crippen LogP contribution in [0.3, 0.4) is 0 Å². The Morgan fingerprint density at radius 1 is 1.05 bits per heavy atom. The first-order chi connectivity index (χ1) is 10.2. The number of rotatable bonds is 4. The van der Waals surface area contributed by atoms with Gasteiger partial charge in [-0.25, -0.2) is 0 Å². The third-order valence-corrected chi connectivity index (χ3v) is 2.69. The minimum absolute atomic E-state index is 0.0179. The molecule has 0 radical (unpaired) electrons.